The first kappa shape index (κ1) is 13.7. The van der Waals surface area contributed by atoms with Gasteiger partial charge in [0, 0.05) is 7.05 Å². The highest BCUT2D eigenvalue weighted by Gasteiger charge is 2.38. The molecule has 17 heavy (non-hydrogen) atoms. The lowest BCUT2D eigenvalue weighted by molar-refractivity contribution is -0.155. The zero-order valence-corrected chi connectivity index (χ0v) is 8.78. The fraction of sp³-hybridized carbons (Fsp3) is 0.625. The molecule has 3 nitrogen and oxygen atoms in total. The minimum Gasteiger partial charge on any atom is -0.468 e. The van der Waals surface area contributed by atoms with Gasteiger partial charge in [0.25, 0.3) is 0 Å². The van der Waals surface area contributed by atoms with Gasteiger partial charge in [0.15, 0.2) is 6.61 Å². The van der Waals surface area contributed by atoms with Crippen LogP contribution in [-0.4, -0.2) is 22.3 Å². The van der Waals surface area contributed by atoms with E-state index in [4.69, 9.17) is 0 Å². The largest absolute Gasteiger partial charge is 0.468 e. The number of imidazole rings is 1. The molecule has 9 heteroatoms. The fourth-order valence-electron chi connectivity index (χ4n) is 1.23. The van der Waals surface area contributed by atoms with Crippen molar-refractivity contribution in [1.29, 1.82) is 0 Å². The van der Waals surface area contributed by atoms with Crippen molar-refractivity contribution in [2.24, 2.45) is 7.05 Å². The SMILES string of the molecule is Cc1nc(C(F)(F)F)n(C)c1OCC(F)(F)F. The van der Waals surface area contributed by atoms with Gasteiger partial charge in [-0.05, 0) is 6.92 Å². The van der Waals surface area contributed by atoms with Gasteiger partial charge in [-0.1, -0.05) is 0 Å². The van der Waals surface area contributed by atoms with Crippen LogP contribution in [0, 0.1) is 6.92 Å². The van der Waals surface area contributed by atoms with Crippen LogP contribution in [0.15, 0.2) is 0 Å². The first-order valence-corrected chi connectivity index (χ1v) is 4.32. The van der Waals surface area contributed by atoms with Gasteiger partial charge in [0.05, 0.1) is 5.69 Å². The molecule has 0 spiro atoms. The summed E-state index contributed by atoms with van der Waals surface area (Å²) in [5, 5.41) is 0. The van der Waals surface area contributed by atoms with Crippen LogP contribution in [0.4, 0.5) is 26.3 Å². The molecule has 0 bridgehead atoms. The van der Waals surface area contributed by atoms with E-state index in [0.717, 1.165) is 14.0 Å². The number of nitrogens with zero attached hydrogens (tertiary/aromatic N) is 2. The molecule has 0 unspecified atom stereocenters. The Morgan fingerprint density at radius 1 is 1.18 bits per heavy atom. The normalized spacial score (nSPS) is 12.9. The minimum absolute atomic E-state index is 0.246. The highest BCUT2D eigenvalue weighted by Crippen LogP contribution is 2.32. The van der Waals surface area contributed by atoms with Crippen molar-refractivity contribution in [1.82, 2.24) is 9.55 Å². The molecule has 0 amide bonds. The average Bonchev–Trinajstić information content (AvgIpc) is 2.37. The van der Waals surface area contributed by atoms with Gasteiger partial charge in [0.1, 0.15) is 0 Å². The van der Waals surface area contributed by atoms with Crippen molar-refractivity contribution in [2.75, 3.05) is 6.61 Å². The maximum absolute atomic E-state index is 12.4. The highest BCUT2D eigenvalue weighted by molar-refractivity contribution is 5.23. The summed E-state index contributed by atoms with van der Waals surface area (Å²) in [4.78, 5) is 3.13. The summed E-state index contributed by atoms with van der Waals surface area (Å²) in [7, 11) is 0.939. The van der Waals surface area contributed by atoms with Gasteiger partial charge in [-0.15, -0.1) is 0 Å². The number of alkyl halides is 6. The smallest absolute Gasteiger partial charge is 0.449 e. The summed E-state index contributed by atoms with van der Waals surface area (Å²) in [6, 6.07) is 0. The van der Waals surface area contributed by atoms with E-state index in [1.807, 2.05) is 0 Å². The van der Waals surface area contributed by atoms with Gasteiger partial charge < -0.3 is 4.74 Å². The van der Waals surface area contributed by atoms with Gasteiger partial charge in [-0.25, -0.2) is 4.98 Å². The van der Waals surface area contributed by atoms with E-state index in [0.29, 0.717) is 4.57 Å². The molecule has 0 fully saturated rings. The maximum atomic E-state index is 12.4. The van der Waals surface area contributed by atoms with E-state index in [2.05, 4.69) is 9.72 Å². The van der Waals surface area contributed by atoms with E-state index in [9.17, 15) is 26.3 Å². The van der Waals surface area contributed by atoms with Gasteiger partial charge in [-0.2, -0.15) is 26.3 Å². The first-order valence-electron chi connectivity index (χ1n) is 4.32. The number of halogens is 6. The Morgan fingerprint density at radius 3 is 2.06 bits per heavy atom. The predicted octanol–water partition coefficient (Wildman–Crippen LogP) is 2.69. The lowest BCUT2D eigenvalue weighted by atomic mass is 10.5. The molecule has 0 saturated carbocycles. The van der Waals surface area contributed by atoms with Gasteiger partial charge in [0.2, 0.25) is 11.7 Å². The molecule has 98 valence electrons. The van der Waals surface area contributed by atoms with Crippen LogP contribution in [0.5, 0.6) is 5.88 Å². The van der Waals surface area contributed by atoms with E-state index in [1.165, 1.54) is 0 Å². The monoisotopic (exact) mass is 262 g/mol. The van der Waals surface area contributed by atoms with Crippen molar-refractivity contribution in [3.05, 3.63) is 11.5 Å². The number of rotatable bonds is 2. The van der Waals surface area contributed by atoms with E-state index < -0.39 is 30.7 Å². The Balaban J connectivity index is 2.99. The lowest BCUT2D eigenvalue weighted by Crippen LogP contribution is -2.21. The number of aryl methyl sites for hydroxylation is 1. The maximum Gasteiger partial charge on any atom is 0.449 e. The predicted molar refractivity (Wildman–Crippen MR) is 44.5 cm³/mol. The third-order valence-corrected chi connectivity index (χ3v) is 1.83. The molecular formula is C8H8F6N2O. The molecule has 0 aliphatic heterocycles. The molecule has 1 rings (SSSR count). The molecule has 1 heterocycles. The van der Waals surface area contributed by atoms with Crippen LogP contribution in [0.1, 0.15) is 11.5 Å². The highest BCUT2D eigenvalue weighted by atomic mass is 19.4. The van der Waals surface area contributed by atoms with E-state index in [1.54, 1.807) is 0 Å². The Bertz CT molecular complexity index is 405. The number of ether oxygens (including phenoxy) is 1. The summed E-state index contributed by atoms with van der Waals surface area (Å²) in [5.41, 5.74) is -0.246. The van der Waals surface area contributed by atoms with Crippen molar-refractivity contribution >= 4 is 0 Å². The van der Waals surface area contributed by atoms with Gasteiger partial charge >= 0.3 is 12.4 Å². The summed E-state index contributed by atoms with van der Waals surface area (Å²) in [6.45, 7) is -0.522. The topological polar surface area (TPSA) is 27.1 Å². The van der Waals surface area contributed by atoms with Crippen molar-refractivity contribution in [3.8, 4) is 5.88 Å². The van der Waals surface area contributed by atoms with Crippen LogP contribution in [0.25, 0.3) is 0 Å². The summed E-state index contributed by atoms with van der Waals surface area (Å²) in [6.07, 6.45) is -9.35. The number of hydrogen-bond acceptors (Lipinski definition) is 2. The Hall–Kier alpha value is -1.41. The minimum atomic E-state index is -4.74. The van der Waals surface area contributed by atoms with E-state index in [-0.39, 0.29) is 5.69 Å². The quantitative estimate of drug-likeness (QED) is 0.766. The third kappa shape index (κ3) is 3.27. The van der Waals surface area contributed by atoms with Crippen LogP contribution in [0.2, 0.25) is 0 Å². The zero-order valence-electron chi connectivity index (χ0n) is 8.78. The molecular weight excluding hydrogens is 254 g/mol. The summed E-state index contributed by atoms with van der Waals surface area (Å²) < 4.78 is 77.4. The van der Waals surface area contributed by atoms with Crippen LogP contribution >= 0.6 is 0 Å². The fourth-order valence-corrected chi connectivity index (χ4v) is 1.23. The second kappa shape index (κ2) is 4.11. The number of hydrogen-bond donors (Lipinski definition) is 0. The van der Waals surface area contributed by atoms with E-state index >= 15 is 0 Å². The molecule has 0 aliphatic rings. The van der Waals surface area contributed by atoms with Crippen molar-refractivity contribution < 1.29 is 31.1 Å². The molecule has 1 aromatic rings. The zero-order chi connectivity index (χ0) is 13.4. The molecule has 0 radical (unpaired) electrons. The molecule has 0 atom stereocenters. The van der Waals surface area contributed by atoms with Crippen LogP contribution in [0.3, 0.4) is 0 Å². The number of aromatic nitrogens is 2. The standard InChI is InChI=1S/C8H8F6N2O/c1-4-5(17-3-7(9,10)11)16(2)6(15-4)8(12,13)14/h3H2,1-2H3. The van der Waals surface area contributed by atoms with Crippen molar-refractivity contribution in [3.63, 3.8) is 0 Å². The summed E-state index contributed by atoms with van der Waals surface area (Å²) >= 11 is 0. The molecule has 1 aromatic heterocycles. The van der Waals surface area contributed by atoms with Crippen molar-refractivity contribution in [2.45, 2.75) is 19.3 Å². The second-order valence-corrected chi connectivity index (χ2v) is 3.29. The van der Waals surface area contributed by atoms with Crippen LogP contribution < -0.4 is 4.74 Å². The second-order valence-electron chi connectivity index (χ2n) is 3.29. The first-order chi connectivity index (χ1) is 7.52. The van der Waals surface area contributed by atoms with Gasteiger partial charge in [-0.3, -0.25) is 4.57 Å². The average molecular weight is 262 g/mol. The molecule has 0 aromatic carbocycles. The molecule has 0 aliphatic carbocycles. The Labute approximate surface area is 92.0 Å². The Kier molecular flexibility index (Phi) is 3.30. The lowest BCUT2D eigenvalue weighted by Gasteiger charge is -2.11. The molecule has 0 N–H and O–H groups in total. The Morgan fingerprint density at radius 2 is 1.71 bits per heavy atom. The molecule has 0 saturated heterocycles. The summed E-state index contributed by atoms with van der Waals surface area (Å²) in [5.74, 6) is -1.85. The third-order valence-electron chi connectivity index (χ3n) is 1.83. The van der Waals surface area contributed by atoms with Crippen LogP contribution in [-0.2, 0) is 13.2 Å².